The number of benzene rings is 1. The average molecular weight is 240 g/mol. The van der Waals surface area contributed by atoms with Crippen molar-refractivity contribution in [1.29, 1.82) is 0 Å². The molecule has 0 aliphatic heterocycles. The fourth-order valence-corrected chi connectivity index (χ4v) is 2.36. The summed E-state index contributed by atoms with van der Waals surface area (Å²) in [5.41, 5.74) is 7.23. The molecule has 1 aromatic carbocycles. The van der Waals surface area contributed by atoms with Gasteiger partial charge in [-0.2, -0.15) is 0 Å². The highest BCUT2D eigenvalue weighted by molar-refractivity contribution is 7.86. The number of anilines is 1. The van der Waals surface area contributed by atoms with Crippen LogP contribution in [0.4, 0.5) is 5.69 Å². The number of hydrogen-bond donors (Lipinski definition) is 2. The molecule has 0 aliphatic rings. The minimum absolute atomic E-state index is 0.0406. The second kappa shape index (κ2) is 5.65. The first-order chi connectivity index (χ1) is 7.54. The summed E-state index contributed by atoms with van der Waals surface area (Å²) < 4.78 is 11.8. The van der Waals surface area contributed by atoms with E-state index in [0.717, 1.165) is 5.56 Å². The SMILES string of the molecule is CCNC(=O)CS(=O)c1ccc(C)cc1N. The molecule has 0 aromatic heterocycles. The van der Waals surface area contributed by atoms with Crippen molar-refractivity contribution in [1.82, 2.24) is 5.32 Å². The van der Waals surface area contributed by atoms with Gasteiger partial charge in [-0.25, -0.2) is 0 Å². The molecule has 0 bridgehead atoms. The molecule has 3 N–H and O–H groups in total. The number of rotatable bonds is 4. The molecule has 5 heteroatoms. The van der Waals surface area contributed by atoms with Crippen LogP contribution in [0.5, 0.6) is 0 Å². The lowest BCUT2D eigenvalue weighted by Crippen LogP contribution is -2.28. The topological polar surface area (TPSA) is 72.2 Å². The zero-order chi connectivity index (χ0) is 12.1. The van der Waals surface area contributed by atoms with Gasteiger partial charge in [-0.05, 0) is 31.5 Å². The predicted molar refractivity (Wildman–Crippen MR) is 65.6 cm³/mol. The maximum absolute atomic E-state index is 11.8. The van der Waals surface area contributed by atoms with Crippen LogP contribution in [0.15, 0.2) is 23.1 Å². The Morgan fingerprint density at radius 2 is 2.19 bits per heavy atom. The van der Waals surface area contributed by atoms with Crippen LogP contribution >= 0.6 is 0 Å². The van der Waals surface area contributed by atoms with Gasteiger partial charge in [-0.15, -0.1) is 0 Å². The molecule has 1 rings (SSSR count). The molecule has 1 aromatic rings. The van der Waals surface area contributed by atoms with E-state index in [1.165, 1.54) is 0 Å². The minimum atomic E-state index is -1.37. The molecule has 4 nitrogen and oxygen atoms in total. The molecule has 0 aliphatic carbocycles. The number of nitrogen functional groups attached to an aromatic ring is 1. The normalized spacial score (nSPS) is 12.1. The molecule has 88 valence electrons. The Bertz CT molecular complexity index is 418. The Morgan fingerprint density at radius 1 is 1.50 bits per heavy atom. The highest BCUT2D eigenvalue weighted by Crippen LogP contribution is 2.17. The van der Waals surface area contributed by atoms with Gasteiger partial charge in [0.05, 0.1) is 15.7 Å². The number of nitrogens with one attached hydrogen (secondary N) is 1. The third-order valence-corrected chi connectivity index (χ3v) is 3.43. The summed E-state index contributed by atoms with van der Waals surface area (Å²) in [6.45, 7) is 4.27. The first kappa shape index (κ1) is 12.7. The van der Waals surface area contributed by atoms with Gasteiger partial charge >= 0.3 is 0 Å². The van der Waals surface area contributed by atoms with Crippen LogP contribution < -0.4 is 11.1 Å². The molecular formula is C11H16N2O2S. The molecular weight excluding hydrogens is 224 g/mol. The number of nitrogens with two attached hydrogens (primary N) is 1. The first-order valence-electron chi connectivity index (χ1n) is 5.05. The molecule has 1 atom stereocenters. The standard InChI is InChI=1S/C11H16N2O2S/c1-3-13-11(14)7-16(15)10-5-4-8(2)6-9(10)12/h4-6H,3,7,12H2,1-2H3,(H,13,14). The smallest absolute Gasteiger partial charge is 0.232 e. The van der Waals surface area contributed by atoms with E-state index >= 15 is 0 Å². The number of carbonyl (C=O) groups excluding carboxylic acids is 1. The second-order valence-electron chi connectivity index (χ2n) is 3.48. The molecule has 1 unspecified atom stereocenters. The molecule has 0 fully saturated rings. The monoisotopic (exact) mass is 240 g/mol. The van der Waals surface area contributed by atoms with Gasteiger partial charge in [0.15, 0.2) is 0 Å². The number of amides is 1. The fourth-order valence-electron chi connectivity index (χ4n) is 1.32. The van der Waals surface area contributed by atoms with Crippen LogP contribution in [-0.4, -0.2) is 22.4 Å². The molecule has 0 saturated heterocycles. The van der Waals surface area contributed by atoms with Crippen LogP contribution in [0.25, 0.3) is 0 Å². The van der Waals surface area contributed by atoms with Gasteiger partial charge in [0.25, 0.3) is 0 Å². The van der Waals surface area contributed by atoms with Crippen molar-refractivity contribution in [3.8, 4) is 0 Å². The summed E-state index contributed by atoms with van der Waals surface area (Å²) in [5, 5.41) is 2.60. The van der Waals surface area contributed by atoms with E-state index in [1.54, 1.807) is 12.1 Å². The Labute approximate surface area is 97.7 Å². The van der Waals surface area contributed by atoms with Gasteiger partial charge in [0.2, 0.25) is 5.91 Å². The molecule has 1 amide bonds. The summed E-state index contributed by atoms with van der Waals surface area (Å²) in [6.07, 6.45) is 0. The van der Waals surface area contributed by atoms with E-state index in [1.807, 2.05) is 19.9 Å². The maximum atomic E-state index is 11.8. The van der Waals surface area contributed by atoms with Crippen LogP contribution in [0.2, 0.25) is 0 Å². The van der Waals surface area contributed by atoms with E-state index in [4.69, 9.17) is 5.73 Å². The van der Waals surface area contributed by atoms with Crippen molar-refractivity contribution < 1.29 is 9.00 Å². The van der Waals surface area contributed by atoms with Crippen molar-refractivity contribution >= 4 is 22.4 Å². The Kier molecular flexibility index (Phi) is 4.49. The largest absolute Gasteiger partial charge is 0.398 e. The summed E-state index contributed by atoms with van der Waals surface area (Å²) in [5.74, 6) is -0.262. The van der Waals surface area contributed by atoms with Gasteiger partial charge in [-0.3, -0.25) is 9.00 Å². The maximum Gasteiger partial charge on any atom is 0.232 e. The van der Waals surface area contributed by atoms with Gasteiger partial charge in [-0.1, -0.05) is 6.07 Å². The predicted octanol–water partition coefficient (Wildman–Crippen LogP) is 0.821. The fraction of sp³-hybridized carbons (Fsp3) is 0.364. The molecule has 0 saturated carbocycles. The van der Waals surface area contributed by atoms with Crippen molar-refractivity contribution in [3.05, 3.63) is 23.8 Å². The minimum Gasteiger partial charge on any atom is -0.398 e. The number of aryl methyl sites for hydroxylation is 1. The Morgan fingerprint density at radius 3 is 2.75 bits per heavy atom. The van der Waals surface area contributed by atoms with E-state index in [0.29, 0.717) is 17.1 Å². The molecule has 0 heterocycles. The molecule has 0 spiro atoms. The first-order valence-corrected chi connectivity index (χ1v) is 6.37. The highest BCUT2D eigenvalue weighted by atomic mass is 32.2. The third kappa shape index (κ3) is 3.34. The van der Waals surface area contributed by atoms with Gasteiger partial charge < -0.3 is 11.1 Å². The highest BCUT2D eigenvalue weighted by Gasteiger charge is 2.12. The summed E-state index contributed by atoms with van der Waals surface area (Å²) in [7, 11) is -1.37. The Hall–Kier alpha value is -1.36. The number of hydrogen-bond acceptors (Lipinski definition) is 3. The lowest BCUT2D eigenvalue weighted by molar-refractivity contribution is -0.118. The third-order valence-electron chi connectivity index (χ3n) is 2.05. The van der Waals surface area contributed by atoms with Crippen molar-refractivity contribution in [3.63, 3.8) is 0 Å². The van der Waals surface area contributed by atoms with Crippen molar-refractivity contribution in [2.24, 2.45) is 0 Å². The van der Waals surface area contributed by atoms with E-state index in [9.17, 15) is 9.00 Å². The van der Waals surface area contributed by atoms with Crippen molar-refractivity contribution in [2.75, 3.05) is 18.0 Å². The van der Waals surface area contributed by atoms with Crippen molar-refractivity contribution in [2.45, 2.75) is 18.7 Å². The Balaban J connectivity index is 2.77. The quantitative estimate of drug-likeness (QED) is 0.765. The van der Waals surface area contributed by atoms with E-state index in [-0.39, 0.29) is 11.7 Å². The second-order valence-corrected chi connectivity index (χ2v) is 4.90. The lowest BCUT2D eigenvalue weighted by Gasteiger charge is -2.06. The van der Waals surface area contributed by atoms with Crippen LogP contribution in [0, 0.1) is 6.92 Å². The molecule has 0 radical (unpaired) electrons. The average Bonchev–Trinajstić information content (AvgIpc) is 2.17. The van der Waals surface area contributed by atoms with Gasteiger partial charge in [0.1, 0.15) is 5.75 Å². The zero-order valence-corrected chi connectivity index (χ0v) is 10.3. The zero-order valence-electron chi connectivity index (χ0n) is 9.45. The summed E-state index contributed by atoms with van der Waals surface area (Å²) >= 11 is 0. The van der Waals surface area contributed by atoms with E-state index < -0.39 is 10.8 Å². The molecule has 16 heavy (non-hydrogen) atoms. The summed E-state index contributed by atoms with van der Waals surface area (Å²) in [4.78, 5) is 11.8. The lowest BCUT2D eigenvalue weighted by atomic mass is 10.2. The van der Waals surface area contributed by atoms with Gasteiger partial charge in [0, 0.05) is 12.2 Å². The summed E-state index contributed by atoms with van der Waals surface area (Å²) in [6, 6.07) is 5.30. The van der Waals surface area contributed by atoms with Crippen LogP contribution in [-0.2, 0) is 15.6 Å². The van der Waals surface area contributed by atoms with Crippen LogP contribution in [0.3, 0.4) is 0 Å². The number of carbonyl (C=O) groups is 1. The van der Waals surface area contributed by atoms with Crippen LogP contribution in [0.1, 0.15) is 12.5 Å². The van der Waals surface area contributed by atoms with E-state index in [2.05, 4.69) is 5.32 Å².